The highest BCUT2D eigenvalue weighted by atomic mass is 32.2. The molecule has 1 aromatic heterocycles. The van der Waals surface area contributed by atoms with Gasteiger partial charge in [0, 0.05) is 32.0 Å². The lowest BCUT2D eigenvalue weighted by Gasteiger charge is -2.11. The van der Waals surface area contributed by atoms with Gasteiger partial charge in [-0.1, -0.05) is 30.3 Å². The number of hydrogen-bond donors (Lipinski definition) is 0. The fourth-order valence-electron chi connectivity index (χ4n) is 3.02. The van der Waals surface area contributed by atoms with E-state index >= 15 is 0 Å². The molecule has 0 saturated heterocycles. The van der Waals surface area contributed by atoms with Crippen LogP contribution in [-0.4, -0.2) is 42.7 Å². The van der Waals surface area contributed by atoms with Crippen molar-refractivity contribution in [3.63, 3.8) is 0 Å². The van der Waals surface area contributed by atoms with Gasteiger partial charge < -0.3 is 9.64 Å². The smallest absolute Gasteiger partial charge is 0.222 e. The van der Waals surface area contributed by atoms with Crippen LogP contribution in [0.25, 0.3) is 22.0 Å². The van der Waals surface area contributed by atoms with E-state index in [2.05, 4.69) is 36.4 Å². The maximum atomic E-state index is 11.7. The number of amides is 1. The largest absolute Gasteiger partial charge is 0.497 e. The molecule has 4 nitrogen and oxygen atoms in total. The van der Waals surface area contributed by atoms with Gasteiger partial charge in [0.2, 0.25) is 5.91 Å². The zero-order valence-corrected chi connectivity index (χ0v) is 17.5. The van der Waals surface area contributed by atoms with Crippen LogP contribution in [0, 0.1) is 0 Å². The number of pyridine rings is 1. The molecule has 5 heteroatoms. The van der Waals surface area contributed by atoms with Crippen molar-refractivity contribution in [3.05, 3.63) is 54.6 Å². The summed E-state index contributed by atoms with van der Waals surface area (Å²) in [6.07, 6.45) is 2.49. The Morgan fingerprint density at radius 3 is 2.57 bits per heavy atom. The van der Waals surface area contributed by atoms with Crippen LogP contribution in [0.3, 0.4) is 0 Å². The minimum atomic E-state index is 0.187. The van der Waals surface area contributed by atoms with Crippen molar-refractivity contribution >= 4 is 28.6 Å². The van der Waals surface area contributed by atoms with Gasteiger partial charge in [0.25, 0.3) is 0 Å². The van der Waals surface area contributed by atoms with E-state index in [9.17, 15) is 4.79 Å². The molecule has 0 fully saturated rings. The van der Waals surface area contributed by atoms with Gasteiger partial charge >= 0.3 is 0 Å². The van der Waals surface area contributed by atoms with Crippen molar-refractivity contribution in [2.24, 2.45) is 0 Å². The summed E-state index contributed by atoms with van der Waals surface area (Å²) in [5, 5.41) is 2.12. The number of benzene rings is 2. The van der Waals surface area contributed by atoms with E-state index in [1.165, 1.54) is 11.1 Å². The molecule has 28 heavy (non-hydrogen) atoms. The number of fused-ring (bicyclic) bond motifs is 1. The fourth-order valence-corrected chi connectivity index (χ4v) is 3.94. The van der Waals surface area contributed by atoms with E-state index in [1.807, 2.05) is 18.2 Å². The molecule has 146 valence electrons. The molecule has 0 radical (unpaired) electrons. The molecule has 1 heterocycles. The van der Waals surface area contributed by atoms with Crippen molar-refractivity contribution in [1.82, 2.24) is 9.88 Å². The Hall–Kier alpha value is -2.53. The summed E-state index contributed by atoms with van der Waals surface area (Å²) in [6.45, 7) is 0. The van der Waals surface area contributed by atoms with Gasteiger partial charge in [-0.3, -0.25) is 4.79 Å². The summed E-state index contributed by atoms with van der Waals surface area (Å²) in [5.74, 6) is 1.94. The first kappa shape index (κ1) is 20.2. The zero-order valence-electron chi connectivity index (χ0n) is 16.6. The van der Waals surface area contributed by atoms with Crippen molar-refractivity contribution in [2.75, 3.05) is 27.0 Å². The molecule has 1 amide bonds. The SMILES string of the molecule is COc1ccc2c(-c3ccccc3)cc(SCCCCC(=O)N(C)C)nc2c1. The van der Waals surface area contributed by atoms with Gasteiger partial charge in [-0.2, -0.15) is 0 Å². The van der Waals surface area contributed by atoms with E-state index in [0.29, 0.717) is 6.42 Å². The monoisotopic (exact) mass is 394 g/mol. The average molecular weight is 395 g/mol. The minimum Gasteiger partial charge on any atom is -0.497 e. The Morgan fingerprint density at radius 2 is 1.86 bits per heavy atom. The van der Waals surface area contributed by atoms with E-state index in [-0.39, 0.29) is 5.91 Å². The summed E-state index contributed by atoms with van der Waals surface area (Å²) in [6, 6.07) is 18.6. The molecule has 0 aliphatic rings. The van der Waals surface area contributed by atoms with Crippen molar-refractivity contribution in [1.29, 1.82) is 0 Å². The maximum Gasteiger partial charge on any atom is 0.222 e. The molecule has 0 unspecified atom stereocenters. The van der Waals surface area contributed by atoms with E-state index < -0.39 is 0 Å². The van der Waals surface area contributed by atoms with Crippen LogP contribution in [0.4, 0.5) is 0 Å². The van der Waals surface area contributed by atoms with Crippen LogP contribution in [0.5, 0.6) is 5.75 Å². The van der Waals surface area contributed by atoms with Crippen LogP contribution < -0.4 is 4.74 Å². The van der Waals surface area contributed by atoms with Crippen molar-refractivity contribution in [3.8, 4) is 16.9 Å². The standard InChI is InChI=1S/C23H26N2O2S/c1-25(2)23(26)11-7-8-14-28-22-16-20(17-9-5-4-6-10-17)19-13-12-18(27-3)15-21(19)24-22/h4-6,9-10,12-13,15-16H,7-8,11,14H2,1-3H3. The van der Waals surface area contributed by atoms with Gasteiger partial charge in [-0.25, -0.2) is 4.98 Å². The lowest BCUT2D eigenvalue weighted by molar-refractivity contribution is -0.128. The Kier molecular flexibility index (Phi) is 6.93. The Balaban J connectivity index is 1.79. The number of nitrogens with zero attached hydrogens (tertiary/aromatic N) is 2. The van der Waals surface area contributed by atoms with Crippen LogP contribution in [0.2, 0.25) is 0 Å². The highest BCUT2D eigenvalue weighted by Gasteiger charge is 2.10. The minimum absolute atomic E-state index is 0.187. The molecule has 0 aliphatic heterocycles. The van der Waals surface area contributed by atoms with E-state index in [0.717, 1.165) is 40.3 Å². The lowest BCUT2D eigenvalue weighted by atomic mass is 10.0. The second-order valence-electron chi connectivity index (χ2n) is 6.85. The first-order valence-corrected chi connectivity index (χ1v) is 10.4. The molecule has 0 atom stereocenters. The fraction of sp³-hybridized carbons (Fsp3) is 0.304. The predicted molar refractivity (Wildman–Crippen MR) is 117 cm³/mol. The van der Waals surface area contributed by atoms with Gasteiger partial charge in [0.15, 0.2) is 0 Å². The van der Waals surface area contributed by atoms with Gasteiger partial charge in [0.1, 0.15) is 5.75 Å². The lowest BCUT2D eigenvalue weighted by Crippen LogP contribution is -2.21. The number of aromatic nitrogens is 1. The van der Waals surface area contributed by atoms with Crippen LogP contribution >= 0.6 is 11.8 Å². The molecule has 0 aliphatic carbocycles. The molecule has 0 bridgehead atoms. The van der Waals surface area contributed by atoms with Crippen LogP contribution in [-0.2, 0) is 4.79 Å². The van der Waals surface area contributed by atoms with Crippen LogP contribution in [0.15, 0.2) is 59.6 Å². The van der Waals surface area contributed by atoms with Crippen molar-refractivity contribution < 1.29 is 9.53 Å². The quantitative estimate of drug-likeness (QED) is 0.386. The summed E-state index contributed by atoms with van der Waals surface area (Å²) in [7, 11) is 5.28. The predicted octanol–water partition coefficient (Wildman–Crippen LogP) is 5.26. The van der Waals surface area contributed by atoms with Crippen LogP contribution in [0.1, 0.15) is 19.3 Å². The molecule has 3 rings (SSSR count). The number of carbonyl (C=O) groups excluding carboxylic acids is 1. The third-order valence-corrected chi connectivity index (χ3v) is 5.61. The Labute approximate surface area is 170 Å². The van der Waals surface area contributed by atoms with Gasteiger partial charge in [0.05, 0.1) is 17.7 Å². The van der Waals surface area contributed by atoms with E-state index in [4.69, 9.17) is 9.72 Å². The van der Waals surface area contributed by atoms with Gasteiger partial charge in [-0.05, 0) is 47.9 Å². The first-order chi connectivity index (χ1) is 13.6. The molecule has 0 spiro atoms. The molecular formula is C23H26N2O2S. The topological polar surface area (TPSA) is 42.4 Å². The first-order valence-electron chi connectivity index (χ1n) is 9.45. The number of ether oxygens (including phenoxy) is 1. The molecule has 0 N–H and O–H groups in total. The van der Waals surface area contributed by atoms with Crippen molar-refractivity contribution in [2.45, 2.75) is 24.3 Å². The number of unbranched alkanes of at least 4 members (excludes halogenated alkanes) is 1. The summed E-state index contributed by atoms with van der Waals surface area (Å²) in [5.41, 5.74) is 3.29. The molecule has 2 aromatic carbocycles. The summed E-state index contributed by atoms with van der Waals surface area (Å²) in [4.78, 5) is 18.2. The number of methoxy groups -OCH3 is 1. The van der Waals surface area contributed by atoms with E-state index in [1.54, 1.807) is 37.9 Å². The summed E-state index contributed by atoms with van der Waals surface area (Å²) < 4.78 is 5.38. The summed E-state index contributed by atoms with van der Waals surface area (Å²) >= 11 is 1.74. The highest BCUT2D eigenvalue weighted by Crippen LogP contribution is 2.33. The maximum absolute atomic E-state index is 11.7. The zero-order chi connectivity index (χ0) is 19.9. The average Bonchev–Trinajstić information content (AvgIpc) is 2.72. The second-order valence-corrected chi connectivity index (χ2v) is 7.97. The highest BCUT2D eigenvalue weighted by molar-refractivity contribution is 7.99. The second kappa shape index (κ2) is 9.60. The molecular weight excluding hydrogens is 368 g/mol. The number of rotatable bonds is 8. The number of carbonyl (C=O) groups is 1. The molecule has 3 aromatic rings. The number of hydrogen-bond acceptors (Lipinski definition) is 4. The molecule has 0 saturated carbocycles. The third kappa shape index (κ3) is 5.04. The van der Waals surface area contributed by atoms with Gasteiger partial charge in [-0.15, -0.1) is 11.8 Å². The third-order valence-electron chi connectivity index (χ3n) is 4.61. The number of thioether (sulfide) groups is 1. The Morgan fingerprint density at radius 1 is 1.07 bits per heavy atom. The Bertz CT molecular complexity index is 942. The normalized spacial score (nSPS) is 10.8.